The molecule has 2 aromatic carbocycles. The Morgan fingerprint density at radius 1 is 1.20 bits per heavy atom. The lowest BCUT2D eigenvalue weighted by molar-refractivity contribution is -0.385. The third-order valence-electron chi connectivity index (χ3n) is 5.63. The molecule has 3 rings (SSSR count). The second kappa shape index (κ2) is 8.06. The Labute approximate surface area is 174 Å². The van der Waals surface area contributed by atoms with Crippen molar-refractivity contribution in [2.24, 2.45) is 0 Å². The molecular formula is C22H23N3O5. The minimum Gasteiger partial charge on any atom is -0.319 e. The number of hydrogen-bond acceptors (Lipinski definition) is 5. The van der Waals surface area contributed by atoms with E-state index in [1.807, 2.05) is 12.1 Å². The maximum Gasteiger partial charge on any atom is 0.325 e. The lowest BCUT2D eigenvalue weighted by Crippen LogP contribution is -2.41. The maximum absolute atomic E-state index is 13.0. The number of hydrogen-bond donors (Lipinski definition) is 1. The minimum atomic E-state index is -1.48. The molecule has 0 bridgehead atoms. The molecular weight excluding hydrogens is 386 g/mol. The number of benzene rings is 2. The van der Waals surface area contributed by atoms with Crippen molar-refractivity contribution in [3.05, 3.63) is 75.3 Å². The minimum absolute atomic E-state index is 0.188. The summed E-state index contributed by atoms with van der Waals surface area (Å²) in [4.78, 5) is 49.4. The summed E-state index contributed by atoms with van der Waals surface area (Å²) in [5, 5.41) is 13.6. The predicted octanol–water partition coefficient (Wildman–Crippen LogP) is 3.76. The second-order valence-corrected chi connectivity index (χ2v) is 7.61. The number of carbonyl (C=O) groups excluding carboxylic acids is 3. The topological polar surface area (TPSA) is 110 Å². The lowest BCUT2D eigenvalue weighted by atomic mass is 9.91. The number of urea groups is 1. The number of nitro groups is 1. The molecule has 0 spiro atoms. The fraction of sp³-hybridized carbons (Fsp3) is 0.318. The number of non-ortho nitro benzene ring substituents is 1. The molecule has 1 heterocycles. The van der Waals surface area contributed by atoms with Crippen molar-refractivity contribution >= 4 is 23.4 Å². The monoisotopic (exact) mass is 409 g/mol. The largest absolute Gasteiger partial charge is 0.325 e. The van der Waals surface area contributed by atoms with E-state index < -0.39 is 28.9 Å². The van der Waals surface area contributed by atoms with Crippen molar-refractivity contribution in [2.75, 3.05) is 6.54 Å². The molecule has 0 radical (unpaired) electrons. The van der Waals surface area contributed by atoms with E-state index in [9.17, 15) is 24.5 Å². The van der Waals surface area contributed by atoms with Gasteiger partial charge < -0.3 is 5.32 Å². The van der Waals surface area contributed by atoms with Crippen molar-refractivity contribution < 1.29 is 19.3 Å². The van der Waals surface area contributed by atoms with Gasteiger partial charge in [-0.15, -0.1) is 0 Å². The molecule has 30 heavy (non-hydrogen) atoms. The summed E-state index contributed by atoms with van der Waals surface area (Å²) in [5.74, 6) is -0.620. The van der Waals surface area contributed by atoms with Gasteiger partial charge in [-0.25, -0.2) is 4.79 Å². The van der Waals surface area contributed by atoms with Crippen molar-refractivity contribution in [3.8, 4) is 0 Å². The van der Waals surface area contributed by atoms with Crippen LogP contribution in [0.3, 0.4) is 0 Å². The van der Waals surface area contributed by atoms with Crippen molar-refractivity contribution in [2.45, 2.75) is 38.6 Å². The summed E-state index contributed by atoms with van der Waals surface area (Å²) < 4.78 is 0. The first kappa shape index (κ1) is 21.2. The Bertz CT molecular complexity index is 1020. The average Bonchev–Trinajstić information content (AvgIpc) is 2.97. The fourth-order valence-corrected chi connectivity index (χ4v) is 3.43. The molecule has 156 valence electrons. The van der Waals surface area contributed by atoms with E-state index in [2.05, 4.69) is 19.2 Å². The highest BCUT2D eigenvalue weighted by Crippen LogP contribution is 2.31. The molecule has 0 saturated carbocycles. The van der Waals surface area contributed by atoms with Gasteiger partial charge in [0.15, 0.2) is 5.78 Å². The van der Waals surface area contributed by atoms with Gasteiger partial charge in [0.05, 0.1) is 11.5 Å². The van der Waals surface area contributed by atoms with Crippen LogP contribution >= 0.6 is 0 Å². The van der Waals surface area contributed by atoms with Crippen LogP contribution in [0.2, 0.25) is 0 Å². The number of amides is 3. The molecule has 3 amide bonds. The number of carbonyl (C=O) groups is 3. The first-order valence-electron chi connectivity index (χ1n) is 9.69. The highest BCUT2D eigenvalue weighted by atomic mass is 16.6. The van der Waals surface area contributed by atoms with Crippen LogP contribution in [0.4, 0.5) is 10.5 Å². The van der Waals surface area contributed by atoms with Crippen LogP contribution in [-0.4, -0.2) is 34.1 Å². The Hall–Kier alpha value is -3.55. The van der Waals surface area contributed by atoms with E-state index in [1.54, 1.807) is 12.1 Å². The van der Waals surface area contributed by atoms with Crippen molar-refractivity contribution in [3.63, 3.8) is 0 Å². The van der Waals surface area contributed by atoms with Gasteiger partial charge in [0.1, 0.15) is 5.54 Å². The Kier molecular flexibility index (Phi) is 5.69. The van der Waals surface area contributed by atoms with E-state index in [-0.39, 0.29) is 17.0 Å². The number of nitro benzene ring substituents is 1. The third kappa shape index (κ3) is 3.80. The first-order valence-corrected chi connectivity index (χ1v) is 9.69. The maximum atomic E-state index is 13.0. The van der Waals surface area contributed by atoms with Gasteiger partial charge in [0, 0.05) is 17.7 Å². The molecule has 1 fully saturated rings. The van der Waals surface area contributed by atoms with Gasteiger partial charge in [-0.1, -0.05) is 50.2 Å². The Morgan fingerprint density at radius 3 is 2.47 bits per heavy atom. The van der Waals surface area contributed by atoms with Gasteiger partial charge in [0.25, 0.3) is 11.6 Å². The summed E-state index contributed by atoms with van der Waals surface area (Å²) in [6, 6.07) is 12.0. The summed E-state index contributed by atoms with van der Waals surface area (Å²) >= 11 is 0. The van der Waals surface area contributed by atoms with Crippen LogP contribution in [0, 0.1) is 10.1 Å². The predicted molar refractivity (Wildman–Crippen MR) is 110 cm³/mol. The first-order chi connectivity index (χ1) is 14.2. The molecule has 1 N–H and O–H groups in total. The van der Waals surface area contributed by atoms with Gasteiger partial charge in [-0.2, -0.15) is 0 Å². The molecule has 1 saturated heterocycles. The van der Waals surface area contributed by atoms with Crippen LogP contribution in [0.15, 0.2) is 48.5 Å². The number of nitrogens with zero attached hydrogens (tertiary/aromatic N) is 2. The van der Waals surface area contributed by atoms with E-state index in [0.717, 1.165) is 16.9 Å². The highest BCUT2D eigenvalue weighted by Gasteiger charge is 2.49. The Morgan fingerprint density at radius 2 is 1.87 bits per heavy atom. The van der Waals surface area contributed by atoms with Crippen LogP contribution < -0.4 is 5.32 Å². The molecule has 2 atom stereocenters. The number of ketones is 1. The van der Waals surface area contributed by atoms with E-state index in [1.165, 1.54) is 31.2 Å². The lowest BCUT2D eigenvalue weighted by Gasteiger charge is -2.22. The van der Waals surface area contributed by atoms with Crippen molar-refractivity contribution in [1.29, 1.82) is 0 Å². The van der Waals surface area contributed by atoms with Gasteiger partial charge >= 0.3 is 6.03 Å². The van der Waals surface area contributed by atoms with Crippen LogP contribution in [0.25, 0.3) is 0 Å². The third-order valence-corrected chi connectivity index (χ3v) is 5.63. The second-order valence-electron chi connectivity index (χ2n) is 7.61. The number of Topliss-reactive ketones (excluding diaryl/α,β-unsaturated/α-hetero) is 1. The average molecular weight is 409 g/mol. The van der Waals surface area contributed by atoms with E-state index in [4.69, 9.17) is 0 Å². The number of nitrogens with one attached hydrogen (secondary N) is 1. The normalized spacial score (nSPS) is 19.5. The van der Waals surface area contributed by atoms with E-state index in [0.29, 0.717) is 11.5 Å². The summed E-state index contributed by atoms with van der Waals surface area (Å²) in [7, 11) is 0. The van der Waals surface area contributed by atoms with Gasteiger partial charge in [-0.05, 0) is 30.4 Å². The van der Waals surface area contributed by atoms with Crippen LogP contribution in [-0.2, 0) is 10.3 Å². The van der Waals surface area contributed by atoms with Gasteiger partial charge in [0.2, 0.25) is 0 Å². The molecule has 1 aliphatic heterocycles. The molecule has 8 heteroatoms. The zero-order valence-electron chi connectivity index (χ0n) is 17.0. The summed E-state index contributed by atoms with van der Waals surface area (Å²) in [6.45, 7) is 5.24. The van der Waals surface area contributed by atoms with Crippen molar-refractivity contribution in [1.82, 2.24) is 10.2 Å². The number of rotatable bonds is 7. The molecule has 0 aromatic heterocycles. The Balaban J connectivity index is 1.80. The molecule has 2 unspecified atom stereocenters. The SMILES string of the molecule is CCC(C)c1ccc(C(=O)CN2C(=O)NC(C)(c3cccc([N+](=O)[O-])c3)C2=O)cc1. The standard InChI is InChI=1S/C22H23N3O5/c1-4-14(2)15-8-10-16(11-9-15)19(26)13-24-20(27)22(3,23-21(24)28)17-6-5-7-18(12-17)25(29)30/h5-12,14H,4,13H2,1-3H3,(H,23,28). The molecule has 2 aromatic rings. The smallest absolute Gasteiger partial charge is 0.319 e. The van der Waals surface area contributed by atoms with Crippen LogP contribution in [0.1, 0.15) is 54.6 Å². The van der Waals surface area contributed by atoms with Gasteiger partial charge in [-0.3, -0.25) is 24.6 Å². The fourth-order valence-electron chi connectivity index (χ4n) is 3.43. The van der Waals surface area contributed by atoms with E-state index >= 15 is 0 Å². The molecule has 1 aliphatic rings. The zero-order valence-corrected chi connectivity index (χ0v) is 17.0. The molecule has 0 aliphatic carbocycles. The molecule has 8 nitrogen and oxygen atoms in total. The quantitative estimate of drug-likeness (QED) is 0.324. The number of imide groups is 1. The zero-order chi connectivity index (χ0) is 22.1. The summed E-state index contributed by atoms with van der Waals surface area (Å²) in [6.07, 6.45) is 0.978. The van der Waals surface area contributed by atoms with Crippen LogP contribution in [0.5, 0.6) is 0 Å². The highest BCUT2D eigenvalue weighted by molar-refractivity contribution is 6.11. The summed E-state index contributed by atoms with van der Waals surface area (Å²) in [5.41, 5.74) is 0.132.